The fourth-order valence-corrected chi connectivity index (χ4v) is 3.41. The fraction of sp³-hybridized carbons (Fsp3) is 0.105. The monoisotopic (exact) mass is 370 g/mol. The Labute approximate surface area is 151 Å². The Hall–Kier alpha value is -3.06. The van der Waals surface area contributed by atoms with Crippen molar-refractivity contribution < 1.29 is 17.6 Å². The molecule has 7 heteroatoms. The number of rotatable bonds is 7. The molecule has 3 aromatic rings. The molecule has 0 atom stereocenters. The molecule has 1 aromatic heterocycles. The molecule has 6 nitrogen and oxygen atoms in total. The van der Waals surface area contributed by atoms with Gasteiger partial charge in [0.05, 0.1) is 17.7 Å². The molecule has 0 aliphatic rings. The normalized spacial score (nSPS) is 11.1. The minimum absolute atomic E-state index is 0.221. The van der Waals surface area contributed by atoms with Crippen LogP contribution < -0.4 is 10.6 Å². The molecule has 1 heterocycles. The zero-order valence-electron chi connectivity index (χ0n) is 13.9. The largest absolute Gasteiger partial charge is 0.467 e. The number of benzene rings is 2. The first-order valence-electron chi connectivity index (χ1n) is 7.97. The first-order chi connectivity index (χ1) is 12.5. The van der Waals surface area contributed by atoms with E-state index >= 15 is 0 Å². The van der Waals surface area contributed by atoms with Crippen molar-refractivity contribution >= 4 is 21.4 Å². The van der Waals surface area contributed by atoms with E-state index in [1.807, 2.05) is 0 Å². The fourth-order valence-electron chi connectivity index (χ4n) is 2.31. The van der Waals surface area contributed by atoms with E-state index in [9.17, 15) is 13.2 Å². The number of hydrogen-bond donors (Lipinski definition) is 2. The third kappa shape index (κ3) is 4.52. The summed E-state index contributed by atoms with van der Waals surface area (Å²) in [4.78, 5) is 12.3. The average molecular weight is 370 g/mol. The van der Waals surface area contributed by atoms with Gasteiger partial charge in [-0.3, -0.25) is 4.79 Å². The molecule has 2 N–H and O–H groups in total. The first kappa shape index (κ1) is 17.8. The molecule has 1 amide bonds. The molecule has 0 aliphatic heterocycles. The molecule has 0 bridgehead atoms. The van der Waals surface area contributed by atoms with Crippen LogP contribution >= 0.6 is 0 Å². The maximum absolute atomic E-state index is 12.2. The molecular weight excluding hydrogens is 352 g/mol. The summed E-state index contributed by atoms with van der Waals surface area (Å²) in [5.41, 5.74) is 1.10. The standard InChI is InChI=1S/C19H18N2O4S/c22-19(20-13-17-5-4-12-25-17)15-8-10-16(11-9-15)21-14-26(23,24)18-6-2-1-3-7-18/h1-12,21H,13-14H2,(H,20,22). The average Bonchev–Trinajstić information content (AvgIpc) is 3.19. The summed E-state index contributed by atoms with van der Waals surface area (Å²) < 4.78 is 29.6. The van der Waals surface area contributed by atoms with Crippen LogP contribution in [-0.4, -0.2) is 20.2 Å². The summed E-state index contributed by atoms with van der Waals surface area (Å²) in [7, 11) is -3.42. The Balaban J connectivity index is 1.56. The van der Waals surface area contributed by atoms with Gasteiger partial charge < -0.3 is 15.1 Å². The Morgan fingerprint density at radius 2 is 1.65 bits per heavy atom. The lowest BCUT2D eigenvalue weighted by molar-refractivity contribution is 0.0948. The second-order valence-corrected chi connectivity index (χ2v) is 7.58. The van der Waals surface area contributed by atoms with Gasteiger partial charge in [0, 0.05) is 11.3 Å². The van der Waals surface area contributed by atoms with Gasteiger partial charge in [-0.15, -0.1) is 0 Å². The van der Waals surface area contributed by atoms with Crippen molar-refractivity contribution in [1.82, 2.24) is 5.32 Å². The summed E-state index contributed by atoms with van der Waals surface area (Å²) in [6.45, 7) is 0.307. The van der Waals surface area contributed by atoms with E-state index < -0.39 is 9.84 Å². The van der Waals surface area contributed by atoms with E-state index in [1.54, 1.807) is 73.0 Å². The SMILES string of the molecule is O=C(NCc1ccco1)c1ccc(NCS(=O)(=O)c2ccccc2)cc1. The van der Waals surface area contributed by atoms with Gasteiger partial charge in [0.15, 0.2) is 9.84 Å². The van der Waals surface area contributed by atoms with Gasteiger partial charge in [0.2, 0.25) is 0 Å². The summed E-state index contributed by atoms with van der Waals surface area (Å²) in [5.74, 6) is 0.216. The number of sulfone groups is 1. The van der Waals surface area contributed by atoms with Gasteiger partial charge in [0.25, 0.3) is 5.91 Å². The molecule has 2 aromatic carbocycles. The predicted molar refractivity (Wildman–Crippen MR) is 98.4 cm³/mol. The lowest BCUT2D eigenvalue weighted by Gasteiger charge is -2.09. The Bertz CT molecular complexity index is 951. The topological polar surface area (TPSA) is 88.4 Å². The van der Waals surface area contributed by atoms with Crippen molar-refractivity contribution in [1.29, 1.82) is 0 Å². The van der Waals surface area contributed by atoms with Crippen molar-refractivity contribution in [2.45, 2.75) is 11.4 Å². The number of carbonyl (C=O) groups is 1. The van der Waals surface area contributed by atoms with Crippen LogP contribution in [0.25, 0.3) is 0 Å². The number of nitrogens with one attached hydrogen (secondary N) is 2. The van der Waals surface area contributed by atoms with Gasteiger partial charge in [-0.2, -0.15) is 0 Å². The molecule has 0 fully saturated rings. The second-order valence-electron chi connectivity index (χ2n) is 5.59. The van der Waals surface area contributed by atoms with Crippen LogP contribution in [-0.2, 0) is 16.4 Å². The molecule has 0 aliphatic carbocycles. The van der Waals surface area contributed by atoms with Gasteiger partial charge in [-0.25, -0.2) is 8.42 Å². The first-order valence-corrected chi connectivity index (χ1v) is 9.62. The van der Waals surface area contributed by atoms with Crippen molar-refractivity contribution in [3.8, 4) is 0 Å². The van der Waals surface area contributed by atoms with Crippen LogP contribution in [0.15, 0.2) is 82.3 Å². The van der Waals surface area contributed by atoms with Crippen LogP contribution in [0, 0.1) is 0 Å². The number of furan rings is 1. The Kier molecular flexibility index (Phi) is 5.38. The molecule has 3 rings (SSSR count). The minimum Gasteiger partial charge on any atom is -0.467 e. The third-order valence-corrected chi connectivity index (χ3v) is 5.23. The quantitative estimate of drug-likeness (QED) is 0.667. The predicted octanol–water partition coefficient (Wildman–Crippen LogP) is 3.05. The lowest BCUT2D eigenvalue weighted by Crippen LogP contribution is -2.22. The number of anilines is 1. The maximum atomic E-state index is 12.2. The van der Waals surface area contributed by atoms with E-state index in [0.717, 1.165) is 0 Å². The Morgan fingerprint density at radius 1 is 0.923 bits per heavy atom. The van der Waals surface area contributed by atoms with Gasteiger partial charge in [0.1, 0.15) is 11.6 Å². The van der Waals surface area contributed by atoms with Crippen LogP contribution in [0.1, 0.15) is 16.1 Å². The minimum atomic E-state index is -3.42. The lowest BCUT2D eigenvalue weighted by atomic mass is 10.2. The van der Waals surface area contributed by atoms with E-state index in [0.29, 0.717) is 23.6 Å². The molecule has 0 saturated heterocycles. The zero-order valence-corrected chi connectivity index (χ0v) is 14.7. The highest BCUT2D eigenvalue weighted by molar-refractivity contribution is 7.91. The highest BCUT2D eigenvalue weighted by Gasteiger charge is 2.13. The molecule has 134 valence electrons. The van der Waals surface area contributed by atoms with Crippen LogP contribution in [0.4, 0.5) is 5.69 Å². The van der Waals surface area contributed by atoms with Crippen LogP contribution in [0.3, 0.4) is 0 Å². The van der Waals surface area contributed by atoms with Crippen molar-refractivity contribution in [3.05, 3.63) is 84.3 Å². The summed E-state index contributed by atoms with van der Waals surface area (Å²) in [6.07, 6.45) is 1.55. The van der Waals surface area contributed by atoms with E-state index in [2.05, 4.69) is 10.6 Å². The highest BCUT2D eigenvalue weighted by atomic mass is 32.2. The highest BCUT2D eigenvalue weighted by Crippen LogP contribution is 2.14. The van der Waals surface area contributed by atoms with E-state index in [-0.39, 0.29) is 16.7 Å². The number of amides is 1. The van der Waals surface area contributed by atoms with Crippen LogP contribution in [0.5, 0.6) is 0 Å². The molecule has 0 unspecified atom stereocenters. The van der Waals surface area contributed by atoms with E-state index in [4.69, 9.17) is 4.42 Å². The molecule has 0 saturated carbocycles. The second kappa shape index (κ2) is 7.88. The van der Waals surface area contributed by atoms with Crippen molar-refractivity contribution in [2.75, 3.05) is 11.2 Å². The summed E-state index contributed by atoms with van der Waals surface area (Å²) in [5, 5.41) is 5.62. The van der Waals surface area contributed by atoms with Gasteiger partial charge >= 0.3 is 0 Å². The molecule has 26 heavy (non-hydrogen) atoms. The van der Waals surface area contributed by atoms with Crippen molar-refractivity contribution in [3.63, 3.8) is 0 Å². The summed E-state index contributed by atoms with van der Waals surface area (Å²) >= 11 is 0. The molecule has 0 spiro atoms. The van der Waals surface area contributed by atoms with Crippen molar-refractivity contribution in [2.24, 2.45) is 0 Å². The summed E-state index contributed by atoms with van der Waals surface area (Å²) in [6, 6.07) is 18.4. The third-order valence-electron chi connectivity index (χ3n) is 3.72. The number of hydrogen-bond acceptors (Lipinski definition) is 5. The Morgan fingerprint density at radius 3 is 2.31 bits per heavy atom. The smallest absolute Gasteiger partial charge is 0.251 e. The maximum Gasteiger partial charge on any atom is 0.251 e. The zero-order chi connectivity index (χ0) is 18.4. The van der Waals surface area contributed by atoms with Crippen LogP contribution in [0.2, 0.25) is 0 Å². The molecular formula is C19H18N2O4S. The van der Waals surface area contributed by atoms with Gasteiger partial charge in [-0.05, 0) is 48.5 Å². The number of carbonyl (C=O) groups excluding carboxylic acids is 1. The van der Waals surface area contributed by atoms with E-state index in [1.165, 1.54) is 0 Å². The molecule has 0 radical (unpaired) electrons. The van der Waals surface area contributed by atoms with Gasteiger partial charge in [-0.1, -0.05) is 18.2 Å².